The Morgan fingerprint density at radius 3 is 1.69 bits per heavy atom. The van der Waals surface area contributed by atoms with E-state index < -0.39 is 28.5 Å². The predicted molar refractivity (Wildman–Crippen MR) is 113 cm³/mol. The highest BCUT2D eigenvalue weighted by Gasteiger charge is 2.53. The molecule has 2 rings (SSSR count). The molecule has 0 amide bonds. The summed E-state index contributed by atoms with van der Waals surface area (Å²) in [6.45, 7) is 22.0. The zero-order valence-corrected chi connectivity index (χ0v) is 18.9. The molecule has 26 heavy (non-hydrogen) atoms. The highest BCUT2D eigenvalue weighted by Crippen LogP contribution is 2.61. The topological polar surface area (TPSA) is 47.2 Å². The van der Waals surface area contributed by atoms with Gasteiger partial charge in [-0.3, -0.25) is 0 Å². The van der Waals surface area contributed by atoms with Crippen molar-refractivity contribution in [3.05, 3.63) is 18.0 Å². The van der Waals surface area contributed by atoms with Gasteiger partial charge in [0, 0.05) is 33.6 Å². The van der Waals surface area contributed by atoms with E-state index in [1.807, 2.05) is 33.9 Å². The van der Waals surface area contributed by atoms with Crippen LogP contribution in [-0.4, -0.2) is 38.0 Å². The van der Waals surface area contributed by atoms with Gasteiger partial charge in [-0.05, 0) is 27.7 Å². The number of aromatic nitrogens is 1. The maximum Gasteiger partial charge on any atom is 0.497 e. The Kier molecular flexibility index (Phi) is 5.70. The minimum Gasteiger partial charge on any atom is -0.399 e. The van der Waals surface area contributed by atoms with Crippen molar-refractivity contribution in [3.63, 3.8) is 0 Å². The Balaban J connectivity index is 2.58. The van der Waals surface area contributed by atoms with Crippen molar-refractivity contribution in [1.82, 2.24) is 3.97 Å². The first kappa shape index (κ1) is 21.4. The fraction of sp³-hybridized carbons (Fsp3) is 0.750. The first-order chi connectivity index (χ1) is 11.8. The van der Waals surface area contributed by atoms with Crippen LogP contribution in [0.25, 0.3) is 0 Å². The van der Waals surface area contributed by atoms with E-state index in [1.165, 1.54) is 0 Å². The number of nitriles is 1. The molecule has 4 nitrogen and oxygen atoms in total. The Labute approximate surface area is 161 Å². The van der Waals surface area contributed by atoms with Crippen LogP contribution in [0.3, 0.4) is 0 Å². The van der Waals surface area contributed by atoms with Crippen molar-refractivity contribution in [2.75, 3.05) is 0 Å². The summed E-state index contributed by atoms with van der Waals surface area (Å²) in [6, 6.07) is 2.37. The molecule has 0 spiro atoms. The van der Waals surface area contributed by atoms with E-state index >= 15 is 0 Å². The fourth-order valence-corrected chi connectivity index (χ4v) is 9.55. The number of hydrogen-bond acceptors (Lipinski definition) is 3. The first-order valence-electron chi connectivity index (χ1n) is 9.59. The summed E-state index contributed by atoms with van der Waals surface area (Å²) in [5, 5.41) is 11.3. The van der Waals surface area contributed by atoms with Crippen LogP contribution in [0.5, 0.6) is 0 Å². The molecule has 1 aliphatic heterocycles. The molecule has 0 saturated carbocycles. The Bertz CT molecular complexity index is 663. The molecule has 0 aliphatic carbocycles. The standard InChI is InChI=1S/C20H35BN2O2S/c1-14(2)26(15(3)4,16(5)6)23-12-17(11-22)18(13-23)21-24-19(7,8)20(9,10)25-21/h12-16H,1-10H3. The van der Waals surface area contributed by atoms with Crippen molar-refractivity contribution < 1.29 is 9.31 Å². The fourth-order valence-electron chi connectivity index (χ4n) is 4.24. The van der Waals surface area contributed by atoms with Crippen LogP contribution < -0.4 is 5.46 Å². The highest BCUT2D eigenvalue weighted by molar-refractivity contribution is 8.33. The SMILES string of the molecule is CC(C)S(C(C)C)(C(C)C)n1cc(C#N)c(B2OC(C)(C)C(C)(C)O2)c1. The summed E-state index contributed by atoms with van der Waals surface area (Å²) in [4.78, 5) is 0. The molecule has 0 N–H and O–H groups in total. The molecule has 146 valence electrons. The third-order valence-electron chi connectivity index (χ3n) is 6.09. The van der Waals surface area contributed by atoms with Gasteiger partial charge in [0.2, 0.25) is 0 Å². The van der Waals surface area contributed by atoms with E-state index in [1.54, 1.807) is 0 Å². The summed E-state index contributed by atoms with van der Waals surface area (Å²) in [7, 11) is -1.67. The van der Waals surface area contributed by atoms with E-state index in [9.17, 15) is 5.26 Å². The number of hydrogen-bond donors (Lipinski definition) is 0. The first-order valence-corrected chi connectivity index (χ1v) is 11.4. The van der Waals surface area contributed by atoms with Gasteiger partial charge in [0.05, 0.1) is 16.8 Å². The molecule has 1 aromatic rings. The molecule has 0 atom stereocenters. The van der Waals surface area contributed by atoms with Gasteiger partial charge in [-0.1, -0.05) is 41.5 Å². The van der Waals surface area contributed by atoms with Gasteiger partial charge in [-0.15, -0.1) is 0 Å². The third kappa shape index (κ3) is 3.13. The normalized spacial score (nSPS) is 20.2. The molecule has 2 heterocycles. The lowest BCUT2D eigenvalue weighted by Gasteiger charge is -2.52. The van der Waals surface area contributed by atoms with Gasteiger partial charge < -0.3 is 13.3 Å². The summed E-state index contributed by atoms with van der Waals surface area (Å²) >= 11 is 0. The van der Waals surface area contributed by atoms with Crippen molar-refractivity contribution in [3.8, 4) is 6.07 Å². The second kappa shape index (κ2) is 6.93. The van der Waals surface area contributed by atoms with Crippen LogP contribution >= 0.6 is 10.2 Å². The average molecular weight is 378 g/mol. The molecule has 0 unspecified atom stereocenters. The molecule has 0 radical (unpaired) electrons. The lowest BCUT2D eigenvalue weighted by atomic mass is 9.79. The van der Waals surface area contributed by atoms with E-state index in [-0.39, 0.29) is 0 Å². The maximum absolute atomic E-state index is 9.77. The highest BCUT2D eigenvalue weighted by atomic mass is 32.3. The van der Waals surface area contributed by atoms with Crippen LogP contribution in [0.15, 0.2) is 12.4 Å². The van der Waals surface area contributed by atoms with Crippen LogP contribution in [0.4, 0.5) is 0 Å². The van der Waals surface area contributed by atoms with E-state index in [4.69, 9.17) is 9.31 Å². The van der Waals surface area contributed by atoms with Crippen LogP contribution in [-0.2, 0) is 9.31 Å². The molecule has 0 bridgehead atoms. The Hall–Kier alpha value is -0.895. The summed E-state index contributed by atoms with van der Waals surface area (Å²) in [5.41, 5.74) is 0.683. The molecule has 1 fully saturated rings. The molecule has 0 aromatic carbocycles. The predicted octanol–water partition coefficient (Wildman–Crippen LogP) is 4.45. The third-order valence-corrected chi connectivity index (χ3v) is 11.6. The largest absolute Gasteiger partial charge is 0.497 e. The zero-order chi connectivity index (χ0) is 20.1. The van der Waals surface area contributed by atoms with Crippen LogP contribution in [0, 0.1) is 11.3 Å². The van der Waals surface area contributed by atoms with Crippen molar-refractivity contribution >= 4 is 22.8 Å². The molecular formula is C20H35BN2O2S. The van der Waals surface area contributed by atoms with Gasteiger partial charge in [-0.25, -0.2) is 0 Å². The van der Waals surface area contributed by atoms with Crippen LogP contribution in [0.2, 0.25) is 0 Å². The van der Waals surface area contributed by atoms with Gasteiger partial charge in [0.15, 0.2) is 0 Å². The smallest absolute Gasteiger partial charge is 0.399 e. The van der Waals surface area contributed by atoms with E-state index in [0.29, 0.717) is 21.3 Å². The van der Waals surface area contributed by atoms with Gasteiger partial charge in [0.25, 0.3) is 0 Å². The molecule has 6 heteroatoms. The zero-order valence-electron chi connectivity index (χ0n) is 18.1. The van der Waals surface area contributed by atoms with Crippen LogP contribution in [0.1, 0.15) is 74.8 Å². The lowest BCUT2D eigenvalue weighted by Crippen LogP contribution is -2.41. The van der Waals surface area contributed by atoms with E-state index in [0.717, 1.165) is 5.46 Å². The quantitative estimate of drug-likeness (QED) is 0.711. The second-order valence-corrected chi connectivity index (χ2v) is 13.8. The van der Waals surface area contributed by atoms with Gasteiger partial charge in [0.1, 0.15) is 6.07 Å². The van der Waals surface area contributed by atoms with Crippen molar-refractivity contribution in [1.29, 1.82) is 5.26 Å². The average Bonchev–Trinajstić information content (AvgIpc) is 2.97. The number of rotatable bonds is 5. The maximum atomic E-state index is 9.77. The molecule has 1 aliphatic rings. The summed E-state index contributed by atoms with van der Waals surface area (Å²) in [5.74, 6) is 0. The van der Waals surface area contributed by atoms with Gasteiger partial charge in [-0.2, -0.15) is 15.5 Å². The molecule has 1 saturated heterocycles. The van der Waals surface area contributed by atoms with Crippen molar-refractivity contribution in [2.45, 2.75) is 96.2 Å². The van der Waals surface area contributed by atoms with E-state index in [2.05, 4.69) is 57.8 Å². The minimum atomic E-state index is -1.17. The second-order valence-electron chi connectivity index (χ2n) is 9.06. The summed E-state index contributed by atoms with van der Waals surface area (Å²) in [6.07, 6.45) is 4.14. The van der Waals surface area contributed by atoms with Crippen molar-refractivity contribution in [2.24, 2.45) is 0 Å². The molecule has 1 aromatic heterocycles. The number of nitrogens with zero attached hydrogens (tertiary/aromatic N) is 2. The Morgan fingerprint density at radius 1 is 0.923 bits per heavy atom. The Morgan fingerprint density at radius 2 is 1.35 bits per heavy atom. The minimum absolute atomic E-state index is 0.412. The monoisotopic (exact) mass is 378 g/mol. The lowest BCUT2D eigenvalue weighted by molar-refractivity contribution is 0.00578. The van der Waals surface area contributed by atoms with Gasteiger partial charge >= 0.3 is 7.12 Å². The summed E-state index contributed by atoms with van der Waals surface area (Å²) < 4.78 is 14.8. The molecular weight excluding hydrogens is 343 g/mol.